The van der Waals surface area contributed by atoms with Crippen molar-refractivity contribution in [2.45, 2.75) is 51.0 Å². The number of hydrogen-bond acceptors (Lipinski definition) is 5. The highest BCUT2D eigenvalue weighted by molar-refractivity contribution is 7.89. The minimum absolute atomic E-state index is 0.0264. The van der Waals surface area contributed by atoms with E-state index in [2.05, 4.69) is 10.9 Å². The van der Waals surface area contributed by atoms with Crippen molar-refractivity contribution in [3.05, 3.63) is 59.2 Å². The third-order valence-electron chi connectivity index (χ3n) is 5.59. The van der Waals surface area contributed by atoms with Gasteiger partial charge in [0.05, 0.1) is 10.5 Å². The van der Waals surface area contributed by atoms with Crippen molar-refractivity contribution in [1.82, 2.24) is 15.2 Å². The molecule has 3 rings (SSSR count). The zero-order valence-electron chi connectivity index (χ0n) is 18.6. The number of hydrogen-bond donors (Lipinski definition) is 2. The largest absolute Gasteiger partial charge is 0.481 e. The first-order valence-corrected chi connectivity index (χ1v) is 12.1. The molecule has 8 nitrogen and oxygen atoms in total. The van der Waals surface area contributed by atoms with Crippen LogP contribution < -0.4 is 15.6 Å². The van der Waals surface area contributed by atoms with E-state index in [0.717, 1.165) is 30.4 Å². The Balaban J connectivity index is 1.67. The Hall–Kier alpha value is -2.91. The summed E-state index contributed by atoms with van der Waals surface area (Å²) in [4.78, 5) is 25.1. The number of amides is 2. The smallest absolute Gasteiger partial charge is 0.279 e. The monoisotopic (exact) mass is 459 g/mol. The lowest BCUT2D eigenvalue weighted by Crippen LogP contribution is -2.47. The minimum atomic E-state index is -3.81. The first-order chi connectivity index (χ1) is 15.2. The Morgan fingerprint density at radius 3 is 2.38 bits per heavy atom. The summed E-state index contributed by atoms with van der Waals surface area (Å²) in [7, 11) is -3.81. The predicted octanol–water partition coefficient (Wildman–Crippen LogP) is 2.71. The summed E-state index contributed by atoms with van der Waals surface area (Å²) in [5, 5.41) is 0. The molecule has 2 N–H and O–H groups in total. The molecule has 1 fully saturated rings. The number of hydrazine groups is 1. The third kappa shape index (κ3) is 5.28. The van der Waals surface area contributed by atoms with Gasteiger partial charge in [0.1, 0.15) is 5.75 Å². The van der Waals surface area contributed by atoms with Crippen LogP contribution in [-0.2, 0) is 14.8 Å². The van der Waals surface area contributed by atoms with Crippen LogP contribution >= 0.6 is 0 Å². The number of benzene rings is 2. The molecule has 2 amide bonds. The highest BCUT2D eigenvalue weighted by Gasteiger charge is 2.30. The highest BCUT2D eigenvalue weighted by atomic mass is 32.2. The van der Waals surface area contributed by atoms with Gasteiger partial charge in [-0.15, -0.1) is 0 Å². The minimum Gasteiger partial charge on any atom is -0.481 e. The van der Waals surface area contributed by atoms with Crippen LogP contribution in [-0.4, -0.2) is 43.7 Å². The summed E-state index contributed by atoms with van der Waals surface area (Å²) < 4.78 is 33.2. The van der Waals surface area contributed by atoms with Crippen molar-refractivity contribution >= 4 is 21.8 Å². The zero-order valence-corrected chi connectivity index (χ0v) is 19.4. The molecule has 1 atom stereocenters. The molecule has 1 unspecified atom stereocenters. The molecule has 0 spiro atoms. The Kier molecular flexibility index (Phi) is 7.52. The maximum atomic E-state index is 13.1. The Morgan fingerprint density at radius 2 is 1.66 bits per heavy atom. The number of carbonyl (C=O) groups excluding carboxylic acids is 2. The van der Waals surface area contributed by atoms with E-state index in [1.165, 1.54) is 16.4 Å². The lowest BCUT2D eigenvalue weighted by Gasteiger charge is -2.26. The van der Waals surface area contributed by atoms with Gasteiger partial charge in [0.25, 0.3) is 11.8 Å². The third-order valence-corrected chi connectivity index (χ3v) is 7.55. The second-order valence-electron chi connectivity index (χ2n) is 7.86. The highest BCUT2D eigenvalue weighted by Crippen LogP contribution is 2.24. The van der Waals surface area contributed by atoms with Crippen molar-refractivity contribution in [3.8, 4) is 5.75 Å². The van der Waals surface area contributed by atoms with E-state index < -0.39 is 27.9 Å². The van der Waals surface area contributed by atoms with Gasteiger partial charge >= 0.3 is 0 Å². The molecule has 0 radical (unpaired) electrons. The van der Waals surface area contributed by atoms with Gasteiger partial charge in [-0.1, -0.05) is 30.7 Å². The van der Waals surface area contributed by atoms with E-state index in [0.29, 0.717) is 18.8 Å². The van der Waals surface area contributed by atoms with E-state index in [1.807, 2.05) is 26.0 Å². The second-order valence-corrected chi connectivity index (χ2v) is 9.77. The standard InChI is InChI=1S/C23H29N3O5S/c1-16-10-9-12-20(17(16)2)31-18(3)22(27)24-25-23(28)19-11-5-6-13-21(19)32(29,30)26-14-7-4-8-15-26/h5-6,9-13,18H,4,7-8,14-15H2,1-3H3,(H,24,27)(H,25,28). The van der Waals surface area contributed by atoms with Gasteiger partial charge in [-0.3, -0.25) is 20.4 Å². The summed E-state index contributed by atoms with van der Waals surface area (Å²) in [6, 6.07) is 11.5. The fourth-order valence-electron chi connectivity index (χ4n) is 3.51. The zero-order chi connectivity index (χ0) is 23.3. The van der Waals surface area contributed by atoms with Gasteiger partial charge in [0.15, 0.2) is 6.10 Å². The van der Waals surface area contributed by atoms with Crippen LogP contribution in [0.4, 0.5) is 0 Å². The maximum absolute atomic E-state index is 13.1. The number of nitrogens with zero attached hydrogens (tertiary/aromatic N) is 1. The average molecular weight is 460 g/mol. The van der Waals surface area contributed by atoms with Crippen LogP contribution in [0, 0.1) is 13.8 Å². The van der Waals surface area contributed by atoms with Gasteiger partial charge in [0.2, 0.25) is 10.0 Å². The molecule has 0 aliphatic carbocycles. The van der Waals surface area contributed by atoms with E-state index in [1.54, 1.807) is 25.1 Å². The number of piperidine rings is 1. The summed E-state index contributed by atoms with van der Waals surface area (Å²) in [6.45, 7) is 6.28. The van der Waals surface area contributed by atoms with Crippen LogP contribution in [0.5, 0.6) is 5.75 Å². The van der Waals surface area contributed by atoms with E-state index >= 15 is 0 Å². The quantitative estimate of drug-likeness (QED) is 0.647. The van der Waals surface area contributed by atoms with Gasteiger partial charge in [-0.2, -0.15) is 4.31 Å². The molecule has 1 heterocycles. The topological polar surface area (TPSA) is 105 Å². The molecule has 1 aliphatic rings. The Morgan fingerprint density at radius 1 is 0.969 bits per heavy atom. The van der Waals surface area contributed by atoms with Crippen molar-refractivity contribution < 1.29 is 22.7 Å². The van der Waals surface area contributed by atoms with Crippen LogP contribution in [0.1, 0.15) is 47.7 Å². The molecular weight excluding hydrogens is 430 g/mol. The number of sulfonamides is 1. The number of nitrogens with one attached hydrogen (secondary N) is 2. The van der Waals surface area contributed by atoms with Gasteiger partial charge in [-0.05, 0) is 62.9 Å². The normalized spacial score (nSPS) is 15.6. The summed E-state index contributed by atoms with van der Waals surface area (Å²) in [6.07, 6.45) is 1.70. The van der Waals surface area contributed by atoms with Crippen molar-refractivity contribution in [2.24, 2.45) is 0 Å². The van der Waals surface area contributed by atoms with Gasteiger partial charge in [-0.25, -0.2) is 8.42 Å². The molecule has 9 heteroatoms. The van der Waals surface area contributed by atoms with E-state index in [-0.39, 0.29) is 10.5 Å². The molecule has 1 aliphatic heterocycles. The van der Waals surface area contributed by atoms with Crippen LogP contribution in [0.2, 0.25) is 0 Å². The molecule has 0 aromatic heterocycles. The van der Waals surface area contributed by atoms with Crippen LogP contribution in [0.15, 0.2) is 47.4 Å². The molecule has 0 saturated carbocycles. The van der Waals surface area contributed by atoms with E-state index in [9.17, 15) is 18.0 Å². The van der Waals surface area contributed by atoms with Crippen molar-refractivity contribution in [3.63, 3.8) is 0 Å². The number of ether oxygens (including phenoxy) is 1. The number of aryl methyl sites for hydroxylation is 1. The second kappa shape index (κ2) is 10.1. The lowest BCUT2D eigenvalue weighted by molar-refractivity contribution is -0.128. The first kappa shape index (κ1) is 23.7. The van der Waals surface area contributed by atoms with Crippen LogP contribution in [0.25, 0.3) is 0 Å². The molecule has 0 bridgehead atoms. The lowest BCUT2D eigenvalue weighted by atomic mass is 10.1. The average Bonchev–Trinajstić information content (AvgIpc) is 2.80. The summed E-state index contributed by atoms with van der Waals surface area (Å²) >= 11 is 0. The van der Waals surface area contributed by atoms with Gasteiger partial charge < -0.3 is 4.74 Å². The fourth-order valence-corrected chi connectivity index (χ4v) is 5.21. The SMILES string of the molecule is Cc1cccc(OC(C)C(=O)NNC(=O)c2ccccc2S(=O)(=O)N2CCCCC2)c1C. The summed E-state index contributed by atoms with van der Waals surface area (Å²) in [5.41, 5.74) is 6.56. The first-order valence-electron chi connectivity index (χ1n) is 10.6. The molecule has 2 aromatic rings. The van der Waals surface area contributed by atoms with E-state index in [4.69, 9.17) is 4.74 Å². The van der Waals surface area contributed by atoms with Crippen LogP contribution in [0.3, 0.4) is 0 Å². The van der Waals surface area contributed by atoms with Crippen molar-refractivity contribution in [2.75, 3.05) is 13.1 Å². The maximum Gasteiger partial charge on any atom is 0.279 e. The molecule has 1 saturated heterocycles. The number of rotatable bonds is 6. The molecule has 172 valence electrons. The molecular formula is C23H29N3O5S. The number of carbonyl (C=O) groups is 2. The van der Waals surface area contributed by atoms with Gasteiger partial charge in [0, 0.05) is 13.1 Å². The summed E-state index contributed by atoms with van der Waals surface area (Å²) in [5.74, 6) is -0.693. The van der Waals surface area contributed by atoms with Crippen molar-refractivity contribution in [1.29, 1.82) is 0 Å². The Labute approximate surface area is 189 Å². The molecule has 32 heavy (non-hydrogen) atoms. The predicted molar refractivity (Wildman–Crippen MR) is 121 cm³/mol. The fraction of sp³-hybridized carbons (Fsp3) is 0.391. The molecule has 2 aromatic carbocycles. The Bertz CT molecular complexity index is 1090.